The SMILES string of the molecule is CN(C(=O)c1ccc(S(N)(=O)=O)o1)C1CCc2ccccc21. The molecule has 2 aromatic rings. The number of hydrogen-bond donors (Lipinski definition) is 1. The number of amides is 1. The van der Waals surface area contributed by atoms with Crippen LogP contribution in [-0.2, 0) is 16.4 Å². The van der Waals surface area contributed by atoms with Gasteiger partial charge in [-0.05, 0) is 36.1 Å². The average Bonchev–Trinajstić information content (AvgIpc) is 3.12. The van der Waals surface area contributed by atoms with E-state index in [1.165, 1.54) is 17.7 Å². The number of hydrogen-bond acceptors (Lipinski definition) is 4. The van der Waals surface area contributed by atoms with Crippen molar-refractivity contribution in [1.82, 2.24) is 4.90 Å². The Morgan fingerprint density at radius 1 is 1.27 bits per heavy atom. The number of carbonyl (C=O) groups excluding carboxylic acids is 1. The highest BCUT2D eigenvalue weighted by Crippen LogP contribution is 2.35. The Kier molecular flexibility index (Phi) is 3.54. The van der Waals surface area contributed by atoms with Gasteiger partial charge < -0.3 is 9.32 Å². The maximum absolute atomic E-state index is 12.5. The topological polar surface area (TPSA) is 93.6 Å². The predicted octanol–water partition coefficient (Wildman–Crippen LogP) is 1.69. The van der Waals surface area contributed by atoms with Crippen LogP contribution in [0.3, 0.4) is 0 Å². The number of carbonyl (C=O) groups is 1. The van der Waals surface area contributed by atoms with E-state index in [4.69, 9.17) is 9.56 Å². The van der Waals surface area contributed by atoms with Crippen molar-refractivity contribution in [1.29, 1.82) is 0 Å². The van der Waals surface area contributed by atoms with E-state index in [1.807, 2.05) is 18.2 Å². The lowest BCUT2D eigenvalue weighted by Crippen LogP contribution is -2.29. The van der Waals surface area contributed by atoms with Crippen LogP contribution in [-0.4, -0.2) is 26.3 Å². The number of furan rings is 1. The minimum absolute atomic E-state index is 0.0316. The van der Waals surface area contributed by atoms with Crippen LogP contribution in [0.1, 0.15) is 34.1 Å². The number of sulfonamides is 1. The third-order valence-electron chi connectivity index (χ3n) is 3.96. The maximum Gasteiger partial charge on any atom is 0.289 e. The summed E-state index contributed by atoms with van der Waals surface area (Å²) in [5.41, 5.74) is 2.35. The van der Waals surface area contributed by atoms with Crippen LogP contribution in [0, 0.1) is 0 Å². The van der Waals surface area contributed by atoms with Gasteiger partial charge in [0.2, 0.25) is 5.09 Å². The van der Waals surface area contributed by atoms with Crippen LogP contribution in [0.25, 0.3) is 0 Å². The number of fused-ring (bicyclic) bond motifs is 1. The Labute approximate surface area is 128 Å². The Hall–Kier alpha value is -2.12. The van der Waals surface area contributed by atoms with Crippen LogP contribution in [0.15, 0.2) is 45.9 Å². The van der Waals surface area contributed by atoms with Gasteiger partial charge in [-0.2, -0.15) is 0 Å². The number of aryl methyl sites for hydroxylation is 1. The normalized spacial score (nSPS) is 17.3. The van der Waals surface area contributed by atoms with Gasteiger partial charge in [-0.1, -0.05) is 24.3 Å². The molecule has 0 spiro atoms. The fourth-order valence-electron chi connectivity index (χ4n) is 2.84. The smallest absolute Gasteiger partial charge is 0.289 e. The van der Waals surface area contributed by atoms with Gasteiger partial charge in [0.25, 0.3) is 15.9 Å². The number of benzene rings is 1. The molecule has 116 valence electrons. The summed E-state index contributed by atoms with van der Waals surface area (Å²) in [6.45, 7) is 0. The van der Waals surface area contributed by atoms with Gasteiger partial charge in [-0.25, -0.2) is 13.6 Å². The summed E-state index contributed by atoms with van der Waals surface area (Å²) >= 11 is 0. The molecule has 1 aliphatic carbocycles. The second-order valence-electron chi connectivity index (χ2n) is 5.33. The van der Waals surface area contributed by atoms with Crippen molar-refractivity contribution < 1.29 is 17.6 Å². The molecule has 1 aromatic carbocycles. The summed E-state index contributed by atoms with van der Waals surface area (Å²) in [5, 5.41) is 4.58. The van der Waals surface area contributed by atoms with E-state index >= 15 is 0 Å². The summed E-state index contributed by atoms with van der Waals surface area (Å²) in [6, 6.07) is 10.5. The standard InChI is InChI=1S/C15H16N2O4S/c1-17(12-7-6-10-4-2-3-5-11(10)12)15(18)13-8-9-14(21-13)22(16,19)20/h2-5,8-9,12H,6-7H2,1H3,(H2,16,19,20). The van der Waals surface area contributed by atoms with E-state index in [-0.39, 0.29) is 17.7 Å². The molecule has 0 saturated carbocycles. The summed E-state index contributed by atoms with van der Waals surface area (Å²) in [7, 11) is -2.26. The van der Waals surface area contributed by atoms with Crippen molar-refractivity contribution in [3.05, 3.63) is 53.3 Å². The largest absolute Gasteiger partial charge is 0.438 e. The highest BCUT2D eigenvalue weighted by Gasteiger charge is 2.30. The van der Waals surface area contributed by atoms with Crippen molar-refractivity contribution in [3.63, 3.8) is 0 Å². The molecule has 2 N–H and O–H groups in total. The van der Waals surface area contributed by atoms with Crippen molar-refractivity contribution in [2.45, 2.75) is 24.0 Å². The van der Waals surface area contributed by atoms with Gasteiger partial charge in [0.1, 0.15) is 0 Å². The van der Waals surface area contributed by atoms with Crippen molar-refractivity contribution in [2.24, 2.45) is 5.14 Å². The van der Waals surface area contributed by atoms with Gasteiger partial charge >= 0.3 is 0 Å². The third kappa shape index (κ3) is 2.53. The van der Waals surface area contributed by atoms with Crippen LogP contribution >= 0.6 is 0 Å². The van der Waals surface area contributed by atoms with E-state index < -0.39 is 15.1 Å². The van der Waals surface area contributed by atoms with E-state index in [1.54, 1.807) is 11.9 Å². The first kappa shape index (κ1) is 14.8. The molecule has 6 nitrogen and oxygen atoms in total. The van der Waals surface area contributed by atoms with Gasteiger partial charge in [0.15, 0.2) is 5.76 Å². The van der Waals surface area contributed by atoms with Crippen LogP contribution in [0.2, 0.25) is 0 Å². The molecule has 7 heteroatoms. The Bertz CT molecular complexity index is 826. The minimum atomic E-state index is -3.95. The first-order valence-corrected chi connectivity index (χ1v) is 8.40. The zero-order valence-electron chi connectivity index (χ0n) is 12.0. The highest BCUT2D eigenvalue weighted by molar-refractivity contribution is 7.89. The number of primary sulfonamides is 1. The summed E-state index contributed by atoms with van der Waals surface area (Å²) in [4.78, 5) is 14.1. The van der Waals surface area contributed by atoms with Crippen molar-refractivity contribution in [2.75, 3.05) is 7.05 Å². The molecule has 1 heterocycles. The van der Waals surface area contributed by atoms with E-state index in [2.05, 4.69) is 6.07 Å². The summed E-state index contributed by atoms with van der Waals surface area (Å²) in [5.74, 6) is -0.396. The molecule has 0 bridgehead atoms. The van der Waals surface area contributed by atoms with Gasteiger partial charge in [0, 0.05) is 7.05 Å². The molecule has 1 atom stereocenters. The minimum Gasteiger partial charge on any atom is -0.438 e. The average molecular weight is 320 g/mol. The lowest BCUT2D eigenvalue weighted by molar-refractivity contribution is 0.0692. The molecular weight excluding hydrogens is 304 g/mol. The molecule has 1 amide bonds. The second-order valence-corrected chi connectivity index (χ2v) is 6.83. The molecule has 0 fully saturated rings. The Morgan fingerprint density at radius 2 is 2.00 bits per heavy atom. The zero-order valence-corrected chi connectivity index (χ0v) is 12.8. The van der Waals surface area contributed by atoms with Gasteiger partial charge in [-0.15, -0.1) is 0 Å². The molecular formula is C15H16N2O4S. The number of nitrogens with two attached hydrogens (primary N) is 1. The van der Waals surface area contributed by atoms with Crippen molar-refractivity contribution in [3.8, 4) is 0 Å². The Balaban J connectivity index is 1.86. The van der Waals surface area contributed by atoms with E-state index in [9.17, 15) is 13.2 Å². The number of rotatable bonds is 3. The molecule has 1 unspecified atom stereocenters. The lowest BCUT2D eigenvalue weighted by atomic mass is 10.1. The summed E-state index contributed by atoms with van der Waals surface area (Å²) in [6.07, 6.45) is 1.75. The maximum atomic E-state index is 12.5. The molecule has 0 aliphatic heterocycles. The zero-order chi connectivity index (χ0) is 15.9. The molecule has 1 aliphatic rings. The molecule has 0 radical (unpaired) electrons. The molecule has 22 heavy (non-hydrogen) atoms. The molecule has 1 aromatic heterocycles. The highest BCUT2D eigenvalue weighted by atomic mass is 32.2. The number of nitrogens with zero attached hydrogens (tertiary/aromatic N) is 1. The van der Waals surface area contributed by atoms with Gasteiger partial charge in [-0.3, -0.25) is 4.79 Å². The predicted molar refractivity (Wildman–Crippen MR) is 79.7 cm³/mol. The van der Waals surface area contributed by atoms with Crippen LogP contribution in [0.4, 0.5) is 0 Å². The Morgan fingerprint density at radius 3 is 2.68 bits per heavy atom. The quantitative estimate of drug-likeness (QED) is 0.931. The van der Waals surface area contributed by atoms with Crippen LogP contribution in [0.5, 0.6) is 0 Å². The summed E-state index contributed by atoms with van der Waals surface area (Å²) < 4.78 is 27.5. The molecule has 0 saturated heterocycles. The fraction of sp³-hybridized carbons (Fsp3) is 0.267. The molecule has 3 rings (SSSR count). The monoisotopic (exact) mass is 320 g/mol. The lowest BCUT2D eigenvalue weighted by Gasteiger charge is -2.24. The fourth-order valence-corrected chi connectivity index (χ4v) is 3.30. The van der Waals surface area contributed by atoms with E-state index in [0.717, 1.165) is 18.4 Å². The van der Waals surface area contributed by atoms with Crippen molar-refractivity contribution >= 4 is 15.9 Å². The first-order valence-electron chi connectivity index (χ1n) is 6.85. The van der Waals surface area contributed by atoms with E-state index in [0.29, 0.717) is 0 Å². The third-order valence-corrected chi connectivity index (χ3v) is 4.74. The second kappa shape index (κ2) is 5.26. The first-order chi connectivity index (χ1) is 10.4. The van der Waals surface area contributed by atoms with Gasteiger partial charge in [0.05, 0.1) is 6.04 Å². The van der Waals surface area contributed by atoms with Crippen LogP contribution < -0.4 is 5.14 Å².